The highest BCUT2D eigenvalue weighted by Gasteiger charge is 2.34. The van der Waals surface area contributed by atoms with Gasteiger partial charge in [0.05, 0.1) is 39.4 Å². The summed E-state index contributed by atoms with van der Waals surface area (Å²) in [7, 11) is -3.51. The molecule has 3 aromatic rings. The smallest absolute Gasteiger partial charge is 0.285 e. The molecule has 1 aromatic heterocycles. The van der Waals surface area contributed by atoms with Gasteiger partial charge >= 0.3 is 0 Å². The second-order valence-electron chi connectivity index (χ2n) is 10.9. The molecule has 3 aliphatic rings. The SMILES string of the molecule is CCN1C(=CC=C2CCC[n+]3c2n(CC)c2cc(S(=O)(=O)N4CCCCC4)ccc23)N(CC)c2cc(Cl)c(Cl)cc21. The molecule has 1 saturated heterocycles. The number of fused-ring (bicyclic) bond motifs is 4. The van der Waals surface area contributed by atoms with Crippen molar-refractivity contribution in [3.63, 3.8) is 0 Å². The molecule has 4 heterocycles. The molecule has 0 radical (unpaired) electrons. The van der Waals surface area contributed by atoms with Gasteiger partial charge in [-0.1, -0.05) is 29.6 Å². The molecule has 2 aromatic carbocycles. The number of piperidine rings is 1. The van der Waals surface area contributed by atoms with Gasteiger partial charge in [0.15, 0.2) is 11.0 Å². The number of anilines is 2. The maximum atomic E-state index is 13.5. The fraction of sp³-hybridized carbons (Fsp3) is 0.452. The minimum Gasteiger partial charge on any atom is -0.326 e. The van der Waals surface area contributed by atoms with Gasteiger partial charge in [-0.2, -0.15) is 4.31 Å². The maximum Gasteiger partial charge on any atom is 0.285 e. The Labute approximate surface area is 253 Å². The van der Waals surface area contributed by atoms with E-state index >= 15 is 0 Å². The molecule has 10 heteroatoms. The summed E-state index contributed by atoms with van der Waals surface area (Å²) in [4.78, 5) is 4.95. The van der Waals surface area contributed by atoms with E-state index in [1.807, 2.05) is 24.3 Å². The molecule has 41 heavy (non-hydrogen) atoms. The minimum absolute atomic E-state index is 0.392. The van der Waals surface area contributed by atoms with Gasteiger partial charge in [0, 0.05) is 37.8 Å². The Morgan fingerprint density at radius 1 is 0.854 bits per heavy atom. The van der Waals surface area contributed by atoms with Gasteiger partial charge in [-0.05, 0) is 82.9 Å². The summed E-state index contributed by atoms with van der Waals surface area (Å²) in [5.74, 6) is 2.26. The summed E-state index contributed by atoms with van der Waals surface area (Å²) in [5.41, 5.74) is 5.44. The Balaban J connectivity index is 1.44. The Hall–Kier alpha value is -2.52. The lowest BCUT2D eigenvalue weighted by atomic mass is 10.0. The number of nitrogens with zero attached hydrogens (tertiary/aromatic N) is 5. The zero-order chi connectivity index (χ0) is 28.9. The molecule has 0 saturated carbocycles. The number of halogens is 2. The summed E-state index contributed by atoms with van der Waals surface area (Å²) < 4.78 is 33.3. The standard InChI is InChI=1S/C31H38Cl2N5O2S/c1-4-35-28-20-24(32)25(33)21-29(28)36(5-2)30(35)15-12-22-11-10-18-38-26-14-13-23(19-27(26)37(6-3)31(22)38)41(39,40)34-16-8-7-9-17-34/h12-15,19-21H,4-11,16-18H2,1-3H3/q+1. The first-order valence-electron chi connectivity index (χ1n) is 14.8. The molecule has 218 valence electrons. The van der Waals surface area contributed by atoms with Crippen molar-refractivity contribution in [2.45, 2.75) is 70.9 Å². The number of sulfonamides is 1. The molecule has 6 rings (SSSR count). The number of hydrogen-bond acceptors (Lipinski definition) is 4. The van der Waals surface area contributed by atoms with E-state index in [2.05, 4.69) is 51.9 Å². The highest BCUT2D eigenvalue weighted by molar-refractivity contribution is 7.89. The first kappa shape index (κ1) is 28.6. The molecule has 0 bridgehead atoms. The van der Waals surface area contributed by atoms with E-state index in [0.29, 0.717) is 28.0 Å². The van der Waals surface area contributed by atoms with Gasteiger partial charge in [-0.25, -0.2) is 17.6 Å². The Morgan fingerprint density at radius 2 is 1.51 bits per heavy atom. The number of allylic oxidation sites excluding steroid dienone is 3. The Kier molecular flexibility index (Phi) is 7.87. The van der Waals surface area contributed by atoms with Crippen molar-refractivity contribution >= 4 is 61.2 Å². The highest BCUT2D eigenvalue weighted by atomic mass is 35.5. The quantitative estimate of drug-likeness (QED) is 0.286. The number of rotatable bonds is 6. The van der Waals surface area contributed by atoms with Crippen LogP contribution in [0.3, 0.4) is 0 Å². The van der Waals surface area contributed by atoms with Crippen LogP contribution in [-0.4, -0.2) is 43.5 Å². The van der Waals surface area contributed by atoms with E-state index in [0.717, 1.165) is 92.3 Å². The van der Waals surface area contributed by atoms with Crippen LogP contribution in [0.4, 0.5) is 11.4 Å². The summed E-state index contributed by atoms with van der Waals surface area (Å²) >= 11 is 12.8. The van der Waals surface area contributed by atoms with Crippen LogP contribution in [0.5, 0.6) is 0 Å². The average Bonchev–Trinajstić information content (AvgIpc) is 3.47. The highest BCUT2D eigenvalue weighted by Crippen LogP contribution is 2.45. The van der Waals surface area contributed by atoms with Gasteiger partial charge in [0.25, 0.3) is 5.82 Å². The van der Waals surface area contributed by atoms with Crippen LogP contribution in [0, 0.1) is 0 Å². The fourth-order valence-corrected chi connectivity index (χ4v) is 8.55. The Morgan fingerprint density at radius 3 is 2.12 bits per heavy atom. The summed E-state index contributed by atoms with van der Waals surface area (Å²) in [6, 6.07) is 9.60. The van der Waals surface area contributed by atoms with Gasteiger partial charge < -0.3 is 9.80 Å². The van der Waals surface area contributed by atoms with Crippen molar-refractivity contribution in [3.8, 4) is 0 Å². The van der Waals surface area contributed by atoms with E-state index < -0.39 is 10.0 Å². The fourth-order valence-electron chi connectivity index (χ4n) is 6.70. The molecular formula is C31H38Cl2N5O2S+. The number of imidazole rings is 1. The second-order valence-corrected chi connectivity index (χ2v) is 13.7. The van der Waals surface area contributed by atoms with Crippen molar-refractivity contribution < 1.29 is 13.0 Å². The first-order valence-corrected chi connectivity index (χ1v) is 17.0. The van der Waals surface area contributed by atoms with Gasteiger partial charge in [0.1, 0.15) is 5.82 Å². The van der Waals surface area contributed by atoms with Crippen molar-refractivity contribution in [3.05, 3.63) is 64.2 Å². The third kappa shape index (κ3) is 4.77. The van der Waals surface area contributed by atoms with E-state index in [1.54, 1.807) is 10.4 Å². The van der Waals surface area contributed by atoms with Crippen molar-refractivity contribution in [1.82, 2.24) is 8.87 Å². The lowest BCUT2D eigenvalue weighted by molar-refractivity contribution is -0.678. The molecule has 0 aliphatic carbocycles. The lowest BCUT2D eigenvalue weighted by Gasteiger charge is -2.25. The third-order valence-electron chi connectivity index (χ3n) is 8.64. The van der Waals surface area contributed by atoms with Crippen LogP contribution in [0.2, 0.25) is 10.0 Å². The predicted molar refractivity (Wildman–Crippen MR) is 168 cm³/mol. The van der Waals surface area contributed by atoms with E-state index in [4.69, 9.17) is 23.2 Å². The maximum absolute atomic E-state index is 13.5. The van der Waals surface area contributed by atoms with Crippen LogP contribution < -0.4 is 14.4 Å². The zero-order valence-electron chi connectivity index (χ0n) is 24.0. The Bertz CT molecular complexity index is 1630. The topological polar surface area (TPSA) is 52.7 Å². The monoisotopic (exact) mass is 614 g/mol. The third-order valence-corrected chi connectivity index (χ3v) is 11.3. The van der Waals surface area contributed by atoms with Crippen LogP contribution in [0.1, 0.15) is 58.7 Å². The number of hydrogen-bond donors (Lipinski definition) is 0. The van der Waals surface area contributed by atoms with Crippen LogP contribution >= 0.6 is 23.2 Å². The molecule has 0 spiro atoms. The molecule has 0 amide bonds. The number of benzene rings is 2. The normalized spacial score (nSPS) is 18.9. The zero-order valence-corrected chi connectivity index (χ0v) is 26.4. The molecule has 0 unspecified atom stereocenters. The summed E-state index contributed by atoms with van der Waals surface area (Å²) in [6.07, 6.45) is 9.40. The van der Waals surface area contributed by atoms with Crippen LogP contribution in [0.25, 0.3) is 16.6 Å². The summed E-state index contributed by atoms with van der Waals surface area (Å²) in [6.45, 7) is 10.9. The molecule has 0 atom stereocenters. The lowest BCUT2D eigenvalue weighted by Crippen LogP contribution is -2.40. The second kappa shape index (κ2) is 11.3. The van der Waals surface area contributed by atoms with E-state index in [9.17, 15) is 8.42 Å². The molecule has 7 nitrogen and oxygen atoms in total. The summed E-state index contributed by atoms with van der Waals surface area (Å²) in [5, 5.41) is 1.11. The molecule has 3 aliphatic heterocycles. The minimum atomic E-state index is -3.51. The van der Waals surface area contributed by atoms with Gasteiger partial charge in [-0.15, -0.1) is 0 Å². The van der Waals surface area contributed by atoms with Crippen molar-refractivity contribution in [1.29, 1.82) is 0 Å². The van der Waals surface area contributed by atoms with Crippen LogP contribution in [-0.2, 0) is 23.1 Å². The molecule has 0 N–H and O–H groups in total. The van der Waals surface area contributed by atoms with Crippen molar-refractivity contribution in [2.24, 2.45) is 0 Å². The first-order chi connectivity index (χ1) is 19.8. The molecular weight excluding hydrogens is 577 g/mol. The van der Waals surface area contributed by atoms with Gasteiger partial charge in [0.2, 0.25) is 10.0 Å². The van der Waals surface area contributed by atoms with Gasteiger partial charge in [-0.3, -0.25) is 0 Å². The number of aromatic nitrogens is 2. The predicted octanol–water partition coefficient (Wildman–Crippen LogP) is 6.82. The van der Waals surface area contributed by atoms with E-state index in [1.165, 1.54) is 5.57 Å². The average molecular weight is 616 g/mol. The van der Waals surface area contributed by atoms with Crippen LogP contribution in [0.15, 0.2) is 53.2 Å². The largest absolute Gasteiger partial charge is 0.326 e. The number of aryl methyl sites for hydroxylation is 2. The molecule has 1 fully saturated rings. The van der Waals surface area contributed by atoms with E-state index in [-0.39, 0.29) is 0 Å². The van der Waals surface area contributed by atoms with Crippen molar-refractivity contribution in [2.75, 3.05) is 36.0 Å².